The topological polar surface area (TPSA) is 50.1 Å². The molecule has 0 rings (SSSR count). The van der Waals surface area contributed by atoms with Gasteiger partial charge >= 0.3 is 5.97 Å². The van der Waals surface area contributed by atoms with Gasteiger partial charge in [-0.2, -0.15) is 5.26 Å². The van der Waals surface area contributed by atoms with Gasteiger partial charge in [-0.25, -0.2) is 0 Å². The number of esters is 1. The number of carbonyl (C=O) groups excluding carboxylic acids is 1. The summed E-state index contributed by atoms with van der Waals surface area (Å²) in [4.78, 5) is 10.7. The Morgan fingerprint density at radius 2 is 1.65 bits per heavy atom. The van der Waals surface area contributed by atoms with E-state index >= 15 is 0 Å². The summed E-state index contributed by atoms with van der Waals surface area (Å²) in [7, 11) is 0. The zero-order chi connectivity index (χ0) is 12.9. The van der Waals surface area contributed by atoms with Crippen LogP contribution in [0.1, 0.15) is 71.6 Å². The summed E-state index contributed by atoms with van der Waals surface area (Å²) in [5.41, 5.74) is 0. The lowest BCUT2D eigenvalue weighted by atomic mass is 10.1. The molecule has 0 amide bonds. The summed E-state index contributed by atoms with van der Waals surface area (Å²) >= 11 is 0. The number of unbranched alkanes of at least 4 members (excludes halogenated alkanes) is 7. The van der Waals surface area contributed by atoms with Crippen molar-refractivity contribution < 1.29 is 9.53 Å². The minimum Gasteiger partial charge on any atom is -0.447 e. The van der Waals surface area contributed by atoms with E-state index in [1.165, 1.54) is 45.4 Å². The minimum absolute atomic E-state index is 0.365. The average Bonchev–Trinajstić information content (AvgIpc) is 2.30. The molecule has 1 atom stereocenters. The fraction of sp³-hybridized carbons (Fsp3) is 0.857. The van der Waals surface area contributed by atoms with Crippen LogP contribution in [0.15, 0.2) is 0 Å². The lowest BCUT2D eigenvalue weighted by molar-refractivity contribution is -0.144. The van der Waals surface area contributed by atoms with Crippen LogP contribution in [0.4, 0.5) is 0 Å². The predicted molar refractivity (Wildman–Crippen MR) is 68.4 cm³/mol. The van der Waals surface area contributed by atoms with Gasteiger partial charge in [0.15, 0.2) is 6.10 Å². The van der Waals surface area contributed by atoms with Crippen molar-refractivity contribution in [1.29, 1.82) is 5.26 Å². The number of rotatable bonds is 10. The Balaban J connectivity index is 3.32. The van der Waals surface area contributed by atoms with Gasteiger partial charge in [0.25, 0.3) is 0 Å². The Morgan fingerprint density at radius 1 is 1.12 bits per heavy atom. The van der Waals surface area contributed by atoms with Gasteiger partial charge in [0.1, 0.15) is 6.07 Å². The summed E-state index contributed by atoms with van der Waals surface area (Å²) in [6.45, 7) is 3.56. The van der Waals surface area contributed by atoms with E-state index in [0.29, 0.717) is 6.42 Å². The molecular formula is C14H25NO2. The fourth-order valence-electron chi connectivity index (χ4n) is 1.81. The molecule has 0 aliphatic heterocycles. The lowest BCUT2D eigenvalue weighted by Gasteiger charge is -2.08. The fourth-order valence-corrected chi connectivity index (χ4v) is 1.81. The van der Waals surface area contributed by atoms with Gasteiger partial charge in [0, 0.05) is 6.92 Å². The molecule has 0 heterocycles. The van der Waals surface area contributed by atoms with Crippen LogP contribution >= 0.6 is 0 Å². The van der Waals surface area contributed by atoms with E-state index in [9.17, 15) is 4.79 Å². The number of hydrogen-bond donors (Lipinski definition) is 0. The molecule has 0 aromatic carbocycles. The first-order chi connectivity index (χ1) is 8.20. The summed E-state index contributed by atoms with van der Waals surface area (Å²) in [6, 6.07) is 2.01. The first-order valence-electron chi connectivity index (χ1n) is 6.77. The Labute approximate surface area is 105 Å². The molecule has 0 N–H and O–H groups in total. The maximum absolute atomic E-state index is 10.7. The van der Waals surface area contributed by atoms with Crippen molar-refractivity contribution in [1.82, 2.24) is 0 Å². The molecule has 17 heavy (non-hydrogen) atoms. The van der Waals surface area contributed by atoms with Crippen LogP contribution < -0.4 is 0 Å². The van der Waals surface area contributed by atoms with Gasteiger partial charge in [0.05, 0.1) is 0 Å². The van der Waals surface area contributed by atoms with Gasteiger partial charge in [-0.05, 0) is 12.8 Å². The molecular weight excluding hydrogens is 214 g/mol. The highest BCUT2D eigenvalue weighted by atomic mass is 16.5. The second-order valence-electron chi connectivity index (χ2n) is 4.49. The molecule has 0 aliphatic carbocycles. The van der Waals surface area contributed by atoms with E-state index in [-0.39, 0.29) is 5.97 Å². The van der Waals surface area contributed by atoms with Crippen molar-refractivity contribution in [2.24, 2.45) is 0 Å². The van der Waals surface area contributed by atoms with Gasteiger partial charge in [-0.1, -0.05) is 51.9 Å². The summed E-state index contributed by atoms with van der Waals surface area (Å²) in [5, 5.41) is 8.75. The normalized spacial score (nSPS) is 11.8. The monoisotopic (exact) mass is 239 g/mol. The van der Waals surface area contributed by atoms with Crippen molar-refractivity contribution in [2.45, 2.75) is 77.7 Å². The van der Waals surface area contributed by atoms with E-state index in [2.05, 4.69) is 6.92 Å². The molecule has 0 saturated heterocycles. The highest BCUT2D eigenvalue weighted by molar-refractivity contribution is 5.66. The van der Waals surface area contributed by atoms with Crippen LogP contribution in [-0.2, 0) is 9.53 Å². The Kier molecular flexibility index (Phi) is 10.7. The second-order valence-corrected chi connectivity index (χ2v) is 4.49. The van der Waals surface area contributed by atoms with Crippen LogP contribution in [0, 0.1) is 11.3 Å². The number of nitrogens with zero attached hydrogens (tertiary/aromatic N) is 1. The molecule has 0 aromatic heterocycles. The Morgan fingerprint density at radius 3 is 2.12 bits per heavy atom. The molecule has 0 spiro atoms. The number of nitriles is 1. The third kappa shape index (κ3) is 11.2. The summed E-state index contributed by atoms with van der Waals surface area (Å²) in [6.07, 6.45) is 10.0. The van der Waals surface area contributed by atoms with Crippen molar-refractivity contribution >= 4 is 5.97 Å². The Bertz CT molecular complexity index is 233. The number of carbonyl (C=O) groups is 1. The molecule has 0 aliphatic rings. The zero-order valence-corrected chi connectivity index (χ0v) is 11.2. The summed E-state index contributed by atoms with van der Waals surface area (Å²) in [5.74, 6) is -0.365. The van der Waals surface area contributed by atoms with E-state index in [0.717, 1.165) is 12.8 Å². The number of hydrogen-bond acceptors (Lipinski definition) is 3. The lowest BCUT2D eigenvalue weighted by Crippen LogP contribution is -2.13. The van der Waals surface area contributed by atoms with Crippen LogP contribution in [0.25, 0.3) is 0 Å². The van der Waals surface area contributed by atoms with Crippen molar-refractivity contribution in [3.8, 4) is 6.07 Å². The van der Waals surface area contributed by atoms with E-state index in [1.54, 1.807) is 0 Å². The second kappa shape index (κ2) is 11.4. The molecule has 3 nitrogen and oxygen atoms in total. The highest BCUT2D eigenvalue weighted by Gasteiger charge is 2.09. The van der Waals surface area contributed by atoms with E-state index in [1.807, 2.05) is 6.07 Å². The van der Waals surface area contributed by atoms with Crippen LogP contribution in [0.3, 0.4) is 0 Å². The van der Waals surface area contributed by atoms with Gasteiger partial charge in [-0.3, -0.25) is 4.79 Å². The highest BCUT2D eigenvalue weighted by Crippen LogP contribution is 2.11. The maximum Gasteiger partial charge on any atom is 0.303 e. The van der Waals surface area contributed by atoms with Crippen LogP contribution in [0.5, 0.6) is 0 Å². The van der Waals surface area contributed by atoms with Crippen molar-refractivity contribution in [3.63, 3.8) is 0 Å². The predicted octanol–water partition coefficient (Wildman–Crippen LogP) is 3.97. The van der Waals surface area contributed by atoms with Gasteiger partial charge in [0.2, 0.25) is 0 Å². The average molecular weight is 239 g/mol. The third-order valence-electron chi connectivity index (χ3n) is 2.77. The SMILES string of the molecule is CCCCCCCCCCC(C#N)OC(C)=O. The standard InChI is InChI=1S/C14H25NO2/c1-3-4-5-6-7-8-9-10-11-14(12-15)17-13(2)16/h14H,3-11H2,1-2H3. The molecule has 98 valence electrons. The molecule has 0 fully saturated rings. The first-order valence-corrected chi connectivity index (χ1v) is 6.77. The third-order valence-corrected chi connectivity index (χ3v) is 2.77. The molecule has 0 bridgehead atoms. The van der Waals surface area contributed by atoms with Gasteiger partial charge < -0.3 is 4.74 Å². The largest absolute Gasteiger partial charge is 0.447 e. The molecule has 1 unspecified atom stereocenters. The van der Waals surface area contributed by atoms with Crippen molar-refractivity contribution in [3.05, 3.63) is 0 Å². The molecule has 0 aromatic rings. The quantitative estimate of drug-likeness (QED) is 0.428. The van der Waals surface area contributed by atoms with Gasteiger partial charge in [-0.15, -0.1) is 0 Å². The van der Waals surface area contributed by atoms with Crippen LogP contribution in [0.2, 0.25) is 0 Å². The maximum atomic E-state index is 10.7. The van der Waals surface area contributed by atoms with Crippen LogP contribution in [-0.4, -0.2) is 12.1 Å². The minimum atomic E-state index is -0.549. The Hall–Kier alpha value is -1.04. The summed E-state index contributed by atoms with van der Waals surface area (Å²) < 4.78 is 4.86. The van der Waals surface area contributed by atoms with E-state index < -0.39 is 6.10 Å². The zero-order valence-electron chi connectivity index (χ0n) is 11.2. The van der Waals surface area contributed by atoms with E-state index in [4.69, 9.17) is 10.00 Å². The van der Waals surface area contributed by atoms with Crippen molar-refractivity contribution in [2.75, 3.05) is 0 Å². The first kappa shape index (κ1) is 16.0. The smallest absolute Gasteiger partial charge is 0.303 e. The number of ether oxygens (including phenoxy) is 1. The molecule has 0 saturated carbocycles. The molecule has 3 heteroatoms. The molecule has 0 radical (unpaired) electrons.